The number of nitrogens with one attached hydrogen (secondary N) is 1. The molecule has 0 aromatic heterocycles. The van der Waals surface area contributed by atoms with E-state index >= 15 is 0 Å². The molecule has 0 aliphatic carbocycles. The lowest BCUT2D eigenvalue weighted by Gasteiger charge is -2.23. The van der Waals surface area contributed by atoms with Gasteiger partial charge in [0.05, 0.1) is 5.41 Å². The highest BCUT2D eigenvalue weighted by Gasteiger charge is 2.44. The first-order valence-corrected chi connectivity index (χ1v) is 7.23. The summed E-state index contributed by atoms with van der Waals surface area (Å²) in [6, 6.07) is -1.72. The first-order chi connectivity index (χ1) is 10.0. The van der Waals surface area contributed by atoms with Gasteiger partial charge in [-0.05, 0) is 6.42 Å². The maximum Gasteiger partial charge on any atom is 0.223 e. The number of ketones is 1. The van der Waals surface area contributed by atoms with E-state index < -0.39 is 41.1 Å². The summed E-state index contributed by atoms with van der Waals surface area (Å²) in [6.07, 6.45) is -0.708. The van der Waals surface area contributed by atoms with Crippen molar-refractivity contribution in [3.63, 3.8) is 0 Å². The van der Waals surface area contributed by atoms with Crippen LogP contribution in [0.2, 0.25) is 0 Å². The molecule has 1 aliphatic rings. The molecule has 8 nitrogen and oxygen atoms in total. The van der Waals surface area contributed by atoms with Crippen LogP contribution in [0.5, 0.6) is 0 Å². The molecule has 0 radical (unpaired) electrons. The van der Waals surface area contributed by atoms with Gasteiger partial charge >= 0.3 is 0 Å². The summed E-state index contributed by atoms with van der Waals surface area (Å²) < 4.78 is 0.884. The highest BCUT2D eigenvalue weighted by molar-refractivity contribution is 5.97. The van der Waals surface area contributed by atoms with Gasteiger partial charge in [-0.15, -0.1) is 0 Å². The number of rotatable bonds is 5. The fraction of sp³-hybridized carbons (Fsp3) is 0.714. The Morgan fingerprint density at radius 1 is 1.50 bits per heavy atom. The minimum absolute atomic E-state index is 0.153. The number of aliphatic hydroxyl groups excluding tert-OH is 1. The number of hydrogen-bond donors (Lipinski definition) is 4. The zero-order valence-corrected chi connectivity index (χ0v) is 13.1. The molecule has 6 N–H and O–H groups in total. The Bertz CT molecular complexity index is 527. The molecule has 124 valence electrons. The smallest absolute Gasteiger partial charge is 0.223 e. The third kappa shape index (κ3) is 3.33. The SMILES string of the molecule is CCCC1C(N)C(O)C(=O)C([O-])=C(CC(C)(C)C(N)=O)[N+]1=N. The van der Waals surface area contributed by atoms with Crippen molar-refractivity contribution >= 4 is 11.7 Å². The van der Waals surface area contributed by atoms with Gasteiger partial charge in [0.15, 0.2) is 5.78 Å². The Morgan fingerprint density at radius 3 is 2.50 bits per heavy atom. The molecule has 1 aliphatic heterocycles. The fourth-order valence-corrected chi connectivity index (χ4v) is 2.43. The van der Waals surface area contributed by atoms with Gasteiger partial charge in [-0.2, -0.15) is 0 Å². The summed E-state index contributed by atoms with van der Waals surface area (Å²) in [4.78, 5) is 23.5. The Balaban J connectivity index is 3.34. The molecular formula is C14H24N4O4. The number of aliphatic hydroxyl groups is 1. The minimum atomic E-state index is -1.65. The lowest BCUT2D eigenvalue weighted by Crippen LogP contribution is -2.50. The molecule has 22 heavy (non-hydrogen) atoms. The van der Waals surface area contributed by atoms with Gasteiger partial charge in [0, 0.05) is 18.6 Å². The summed E-state index contributed by atoms with van der Waals surface area (Å²) in [5.41, 5.74) is 18.1. The van der Waals surface area contributed by atoms with Crippen molar-refractivity contribution in [3.8, 4) is 0 Å². The Hall–Kier alpha value is -1.80. The average Bonchev–Trinajstić information content (AvgIpc) is 2.50. The Morgan fingerprint density at radius 2 is 2.05 bits per heavy atom. The van der Waals surface area contributed by atoms with Crippen molar-refractivity contribution in [2.45, 2.75) is 58.2 Å². The van der Waals surface area contributed by atoms with E-state index in [0.717, 1.165) is 4.70 Å². The highest BCUT2D eigenvalue weighted by atomic mass is 16.3. The molecule has 1 rings (SSSR count). The van der Waals surface area contributed by atoms with E-state index in [1.165, 1.54) is 13.8 Å². The minimum Gasteiger partial charge on any atom is -0.866 e. The molecule has 3 unspecified atom stereocenters. The standard InChI is InChI=1S/C14H24N4O4/c1-4-5-7-9(15)11(20)12(21)10(19)8(18(7)17)6-14(2,3)13(16)22/h7,9,11,20H,4-6,15H2,1-3H3,(H3-,16,17,19,22). The van der Waals surface area contributed by atoms with Gasteiger partial charge in [-0.3, -0.25) is 9.59 Å². The maximum atomic E-state index is 12.2. The number of amides is 1. The Labute approximate surface area is 129 Å². The van der Waals surface area contributed by atoms with Crippen molar-refractivity contribution in [1.29, 1.82) is 5.53 Å². The zero-order chi connectivity index (χ0) is 17.2. The largest absolute Gasteiger partial charge is 0.866 e. The van der Waals surface area contributed by atoms with Gasteiger partial charge in [0.25, 0.3) is 0 Å². The van der Waals surface area contributed by atoms with Gasteiger partial charge in [-0.1, -0.05) is 31.0 Å². The molecule has 0 spiro atoms. The number of carbonyl (C=O) groups excluding carboxylic acids is 2. The summed E-state index contributed by atoms with van der Waals surface area (Å²) in [5.74, 6) is -2.67. The van der Waals surface area contributed by atoms with Crippen molar-refractivity contribution in [2.75, 3.05) is 0 Å². The van der Waals surface area contributed by atoms with Crippen LogP contribution >= 0.6 is 0 Å². The average molecular weight is 312 g/mol. The number of carbonyl (C=O) groups is 2. The first-order valence-electron chi connectivity index (χ1n) is 7.23. The number of nitrogens with zero attached hydrogens (tertiary/aromatic N) is 1. The molecule has 0 saturated heterocycles. The molecule has 0 aromatic rings. The molecule has 0 fully saturated rings. The second-order valence-corrected chi connectivity index (χ2v) is 6.31. The third-order valence-electron chi connectivity index (χ3n) is 4.05. The van der Waals surface area contributed by atoms with Gasteiger partial charge in [0.2, 0.25) is 17.6 Å². The summed E-state index contributed by atoms with van der Waals surface area (Å²) >= 11 is 0. The molecule has 0 saturated carbocycles. The van der Waals surface area contributed by atoms with Crippen LogP contribution < -0.4 is 16.6 Å². The molecule has 0 aromatic carbocycles. The monoisotopic (exact) mass is 312 g/mol. The van der Waals surface area contributed by atoms with Crippen LogP contribution in [0.25, 0.3) is 0 Å². The predicted octanol–water partition coefficient (Wildman–Crippen LogP) is -1.06. The van der Waals surface area contributed by atoms with Crippen LogP contribution in [0.3, 0.4) is 0 Å². The van der Waals surface area contributed by atoms with E-state index in [2.05, 4.69) is 0 Å². The van der Waals surface area contributed by atoms with E-state index in [1.54, 1.807) is 0 Å². The summed E-state index contributed by atoms with van der Waals surface area (Å²) in [7, 11) is 0. The molecule has 8 heteroatoms. The lowest BCUT2D eigenvalue weighted by molar-refractivity contribution is -0.615. The van der Waals surface area contributed by atoms with Crippen LogP contribution in [0.1, 0.15) is 40.0 Å². The number of Topliss-reactive ketones (excluding diaryl/α,β-unsaturated/α-hetero) is 1. The van der Waals surface area contributed by atoms with E-state index in [9.17, 15) is 19.8 Å². The van der Waals surface area contributed by atoms with Gasteiger partial charge in [0.1, 0.15) is 12.1 Å². The second-order valence-electron chi connectivity index (χ2n) is 6.31. The van der Waals surface area contributed by atoms with Gasteiger partial charge in [-0.25, -0.2) is 0 Å². The molecule has 0 bridgehead atoms. The van der Waals surface area contributed by atoms with Crippen molar-refractivity contribution in [1.82, 2.24) is 0 Å². The molecule has 1 heterocycles. The predicted molar refractivity (Wildman–Crippen MR) is 75.3 cm³/mol. The highest BCUT2D eigenvalue weighted by Crippen LogP contribution is 2.30. The topological polar surface area (TPSA) is 156 Å². The quantitative estimate of drug-likeness (QED) is 0.476. The van der Waals surface area contributed by atoms with E-state index in [1.807, 2.05) is 6.92 Å². The van der Waals surface area contributed by atoms with E-state index in [4.69, 9.17) is 17.0 Å². The van der Waals surface area contributed by atoms with Crippen molar-refractivity contribution in [2.24, 2.45) is 16.9 Å². The third-order valence-corrected chi connectivity index (χ3v) is 4.05. The van der Waals surface area contributed by atoms with Crippen LogP contribution in [0.15, 0.2) is 11.5 Å². The number of hydrogen-bond acceptors (Lipinski definition) is 6. The summed E-state index contributed by atoms with van der Waals surface area (Å²) in [6.45, 7) is 4.93. The normalized spacial score (nSPS) is 27.0. The number of primary amides is 1. The van der Waals surface area contributed by atoms with Crippen LogP contribution in [0, 0.1) is 10.9 Å². The zero-order valence-electron chi connectivity index (χ0n) is 13.1. The number of nitrogens with two attached hydrogens (primary N) is 2. The molecule has 1 amide bonds. The van der Waals surface area contributed by atoms with E-state index in [-0.39, 0.29) is 12.1 Å². The molecule has 3 atom stereocenters. The van der Waals surface area contributed by atoms with Crippen LogP contribution in [-0.2, 0) is 9.59 Å². The number of allylic oxidation sites excluding steroid dienone is 1. The summed E-state index contributed by atoms with van der Waals surface area (Å²) in [5, 5.41) is 22.2. The Kier molecular flexibility index (Phi) is 5.42. The van der Waals surface area contributed by atoms with Crippen molar-refractivity contribution in [3.05, 3.63) is 11.5 Å². The van der Waals surface area contributed by atoms with Gasteiger partial charge < -0.3 is 21.7 Å². The van der Waals surface area contributed by atoms with Crippen LogP contribution in [-0.4, -0.2) is 39.7 Å². The van der Waals surface area contributed by atoms with Crippen molar-refractivity contribution < 1.29 is 24.5 Å². The maximum absolute atomic E-state index is 12.2. The van der Waals surface area contributed by atoms with Crippen LogP contribution in [0.4, 0.5) is 0 Å². The first kappa shape index (κ1) is 18.2. The van der Waals surface area contributed by atoms with E-state index in [0.29, 0.717) is 12.8 Å². The molecular weight excluding hydrogens is 288 g/mol. The lowest BCUT2D eigenvalue weighted by atomic mass is 9.86. The second kappa shape index (κ2) is 6.53. The fourth-order valence-electron chi connectivity index (χ4n) is 2.43.